The van der Waals surface area contributed by atoms with Gasteiger partial charge in [-0.25, -0.2) is 0 Å². The molecule has 0 amide bonds. The number of ether oxygens (including phenoxy) is 5. The fraction of sp³-hybridized carbons (Fsp3) is 1.00. The average Bonchev–Trinajstić information content (AvgIpc) is 2.55. The van der Waals surface area contributed by atoms with Gasteiger partial charge in [-0.1, -0.05) is 41.5 Å². The molecule has 27 heavy (non-hydrogen) atoms. The maximum atomic E-state index is 5.61. The van der Waals surface area contributed by atoms with E-state index >= 15 is 0 Å². The zero-order valence-corrected chi connectivity index (χ0v) is 18.9. The Morgan fingerprint density at radius 3 is 1.30 bits per heavy atom. The molecule has 0 saturated heterocycles. The van der Waals surface area contributed by atoms with Crippen molar-refractivity contribution < 1.29 is 23.7 Å². The second kappa shape index (κ2) is 16.7. The lowest BCUT2D eigenvalue weighted by Crippen LogP contribution is -2.17. The molecule has 0 aromatic heterocycles. The summed E-state index contributed by atoms with van der Waals surface area (Å²) in [6.07, 6.45) is 4.08. The van der Waals surface area contributed by atoms with Gasteiger partial charge in [0.2, 0.25) is 0 Å². The molecule has 0 bridgehead atoms. The first-order valence-electron chi connectivity index (χ1n) is 10.6. The Labute approximate surface area is 168 Å². The van der Waals surface area contributed by atoms with Gasteiger partial charge in [-0.15, -0.1) is 0 Å². The predicted molar refractivity (Wildman–Crippen MR) is 111 cm³/mol. The minimum Gasteiger partial charge on any atom is -0.381 e. The van der Waals surface area contributed by atoms with Crippen LogP contribution in [0, 0.1) is 10.8 Å². The van der Waals surface area contributed by atoms with Gasteiger partial charge >= 0.3 is 0 Å². The Kier molecular flexibility index (Phi) is 16.6. The number of rotatable bonds is 18. The molecule has 5 heteroatoms. The molecular formula is C22H46O5. The van der Waals surface area contributed by atoms with Gasteiger partial charge in [-0.3, -0.25) is 0 Å². The van der Waals surface area contributed by atoms with E-state index in [1.165, 1.54) is 0 Å². The summed E-state index contributed by atoms with van der Waals surface area (Å²) in [6.45, 7) is 20.5. The third-order valence-electron chi connectivity index (χ3n) is 3.68. The Morgan fingerprint density at radius 1 is 0.407 bits per heavy atom. The van der Waals surface area contributed by atoms with Crippen LogP contribution in [0.3, 0.4) is 0 Å². The van der Waals surface area contributed by atoms with E-state index in [1.54, 1.807) is 0 Å². The maximum absolute atomic E-state index is 5.61. The van der Waals surface area contributed by atoms with Crippen LogP contribution in [-0.2, 0) is 23.7 Å². The van der Waals surface area contributed by atoms with Crippen LogP contribution in [0.15, 0.2) is 0 Å². The van der Waals surface area contributed by atoms with Crippen molar-refractivity contribution in [3.63, 3.8) is 0 Å². The topological polar surface area (TPSA) is 46.2 Å². The smallest absolute Gasteiger partial charge is 0.0700 e. The molecule has 0 N–H and O–H groups in total. The molecule has 0 aromatic rings. The number of hydrogen-bond acceptors (Lipinski definition) is 5. The summed E-state index contributed by atoms with van der Waals surface area (Å²) in [5.74, 6) is 0. The van der Waals surface area contributed by atoms with Crippen molar-refractivity contribution in [2.24, 2.45) is 10.8 Å². The second-order valence-corrected chi connectivity index (χ2v) is 9.43. The number of hydrogen-bond donors (Lipinski definition) is 0. The van der Waals surface area contributed by atoms with Crippen molar-refractivity contribution in [2.75, 3.05) is 66.1 Å². The summed E-state index contributed by atoms with van der Waals surface area (Å²) < 4.78 is 27.8. The van der Waals surface area contributed by atoms with Gasteiger partial charge < -0.3 is 23.7 Å². The summed E-state index contributed by atoms with van der Waals surface area (Å²) in [7, 11) is 0. The highest BCUT2D eigenvalue weighted by Crippen LogP contribution is 2.17. The summed E-state index contributed by atoms with van der Waals surface area (Å²) in [6, 6.07) is 0. The highest BCUT2D eigenvalue weighted by Gasteiger charge is 2.09. The Balaban J connectivity index is 3.07. The molecule has 0 fully saturated rings. The fourth-order valence-electron chi connectivity index (χ4n) is 2.07. The van der Waals surface area contributed by atoms with Gasteiger partial charge in [0.1, 0.15) is 0 Å². The van der Waals surface area contributed by atoms with Gasteiger partial charge in [0.25, 0.3) is 0 Å². The van der Waals surface area contributed by atoms with Gasteiger partial charge in [0.05, 0.1) is 33.0 Å². The van der Waals surface area contributed by atoms with Crippen molar-refractivity contribution in [1.82, 2.24) is 0 Å². The van der Waals surface area contributed by atoms with E-state index in [4.69, 9.17) is 23.7 Å². The van der Waals surface area contributed by atoms with Crippen LogP contribution in [0.4, 0.5) is 0 Å². The maximum Gasteiger partial charge on any atom is 0.0700 e. The minimum atomic E-state index is 0.224. The lowest BCUT2D eigenvalue weighted by Gasteiger charge is -2.17. The summed E-state index contributed by atoms with van der Waals surface area (Å²) in [4.78, 5) is 0. The molecule has 0 heterocycles. The molecule has 0 unspecified atom stereocenters. The molecule has 0 aliphatic heterocycles. The third-order valence-corrected chi connectivity index (χ3v) is 3.68. The first kappa shape index (κ1) is 26.8. The van der Waals surface area contributed by atoms with Crippen molar-refractivity contribution in [3.8, 4) is 0 Å². The molecular weight excluding hydrogens is 344 g/mol. The van der Waals surface area contributed by atoms with Crippen LogP contribution in [0.1, 0.15) is 67.2 Å². The van der Waals surface area contributed by atoms with Crippen LogP contribution in [0.25, 0.3) is 0 Å². The summed E-state index contributed by atoms with van der Waals surface area (Å²) in [5.41, 5.74) is 0.563. The number of unbranched alkanes of at least 4 members (excludes halogenated alkanes) is 1. The van der Waals surface area contributed by atoms with Crippen molar-refractivity contribution in [1.29, 1.82) is 0 Å². The first-order valence-corrected chi connectivity index (χ1v) is 10.6. The van der Waals surface area contributed by atoms with E-state index in [2.05, 4.69) is 41.5 Å². The van der Waals surface area contributed by atoms with Crippen molar-refractivity contribution >= 4 is 0 Å². The van der Waals surface area contributed by atoms with E-state index in [-0.39, 0.29) is 5.41 Å². The largest absolute Gasteiger partial charge is 0.381 e. The quantitative estimate of drug-likeness (QED) is 0.317. The van der Waals surface area contributed by atoms with Gasteiger partial charge in [0, 0.05) is 33.0 Å². The third kappa shape index (κ3) is 25.8. The first-order chi connectivity index (χ1) is 12.7. The highest BCUT2D eigenvalue weighted by molar-refractivity contribution is 4.60. The molecule has 0 rings (SSSR count). The van der Waals surface area contributed by atoms with Crippen LogP contribution in [0.2, 0.25) is 0 Å². The van der Waals surface area contributed by atoms with Crippen LogP contribution >= 0.6 is 0 Å². The van der Waals surface area contributed by atoms with Crippen LogP contribution in [0.5, 0.6) is 0 Å². The normalized spacial score (nSPS) is 12.7. The van der Waals surface area contributed by atoms with E-state index in [0.29, 0.717) is 31.8 Å². The molecule has 5 nitrogen and oxygen atoms in total. The lowest BCUT2D eigenvalue weighted by atomic mass is 9.93. The van der Waals surface area contributed by atoms with Crippen molar-refractivity contribution in [2.45, 2.75) is 67.2 Å². The molecule has 0 atom stereocenters. The Hall–Kier alpha value is -0.200. The predicted octanol–water partition coefficient (Wildman–Crippen LogP) is 4.72. The van der Waals surface area contributed by atoms with Crippen LogP contribution in [-0.4, -0.2) is 66.1 Å². The van der Waals surface area contributed by atoms with E-state index in [1.807, 2.05) is 0 Å². The Bertz CT molecular complexity index is 277. The lowest BCUT2D eigenvalue weighted by molar-refractivity contribution is 0.0159. The molecule has 0 saturated carbocycles. The van der Waals surface area contributed by atoms with Gasteiger partial charge in [-0.2, -0.15) is 0 Å². The molecule has 0 aromatic carbocycles. The molecule has 0 spiro atoms. The summed E-state index contributed by atoms with van der Waals surface area (Å²) in [5, 5.41) is 0. The van der Waals surface area contributed by atoms with Gasteiger partial charge in [0.15, 0.2) is 0 Å². The molecule has 0 aliphatic carbocycles. The molecule has 0 aliphatic rings. The van der Waals surface area contributed by atoms with E-state index in [0.717, 1.165) is 65.3 Å². The monoisotopic (exact) mass is 390 g/mol. The highest BCUT2D eigenvalue weighted by atomic mass is 16.5. The van der Waals surface area contributed by atoms with Gasteiger partial charge in [-0.05, 0) is 36.5 Å². The zero-order valence-electron chi connectivity index (χ0n) is 18.9. The molecule has 164 valence electrons. The average molecular weight is 391 g/mol. The molecule has 0 radical (unpaired) electrons. The summed E-state index contributed by atoms with van der Waals surface area (Å²) >= 11 is 0. The zero-order chi connectivity index (χ0) is 20.4. The van der Waals surface area contributed by atoms with Crippen LogP contribution < -0.4 is 0 Å². The standard InChI is InChI=1S/C22H46O5/c1-21(2,3)10-15-26-17-16-25-14-9-13-23-11-7-8-12-24-18-19-27-20-22(4,5)6/h7-20H2,1-6H3. The van der Waals surface area contributed by atoms with E-state index < -0.39 is 0 Å². The SMILES string of the molecule is CC(C)(C)CCOCCOCCCOCCCCOCCOCC(C)(C)C. The second-order valence-electron chi connectivity index (χ2n) is 9.43. The fourth-order valence-corrected chi connectivity index (χ4v) is 2.07. The van der Waals surface area contributed by atoms with E-state index in [9.17, 15) is 0 Å². The Morgan fingerprint density at radius 2 is 0.815 bits per heavy atom. The van der Waals surface area contributed by atoms with Crippen molar-refractivity contribution in [3.05, 3.63) is 0 Å². The minimum absolute atomic E-state index is 0.224.